The second-order valence-corrected chi connectivity index (χ2v) is 3.25. The second kappa shape index (κ2) is 6.89. The van der Waals surface area contributed by atoms with Crippen LogP contribution in [0.15, 0.2) is 0 Å². The maximum absolute atomic E-state index is 9.55. The number of likely N-dealkylation sites (tertiary alicyclic amines) is 1. The SMILES string of the molecule is [CH2-]N1CC[C@@H](CNC)[C@H](O)C1.[K+]. The minimum Gasteiger partial charge on any atom is -0.457 e. The van der Waals surface area contributed by atoms with E-state index in [1.165, 1.54) is 0 Å². The summed E-state index contributed by atoms with van der Waals surface area (Å²) in [7, 11) is 5.72. The number of aliphatic hydroxyl groups excluding tert-OH is 1. The van der Waals surface area contributed by atoms with Gasteiger partial charge < -0.3 is 15.3 Å². The van der Waals surface area contributed by atoms with E-state index in [1.54, 1.807) is 0 Å². The van der Waals surface area contributed by atoms with Gasteiger partial charge in [-0.05, 0) is 32.5 Å². The summed E-state index contributed by atoms with van der Waals surface area (Å²) in [5, 5.41) is 12.6. The van der Waals surface area contributed by atoms with Crippen LogP contribution in [0.3, 0.4) is 0 Å². The number of hydrogen-bond acceptors (Lipinski definition) is 3. The minimum absolute atomic E-state index is 0. The number of nitrogens with zero attached hydrogens (tertiary/aromatic N) is 1. The van der Waals surface area contributed by atoms with Crippen molar-refractivity contribution in [2.75, 3.05) is 26.7 Å². The fourth-order valence-electron chi connectivity index (χ4n) is 1.55. The van der Waals surface area contributed by atoms with Gasteiger partial charge in [-0.25, -0.2) is 0 Å². The van der Waals surface area contributed by atoms with Crippen molar-refractivity contribution in [1.82, 2.24) is 10.2 Å². The van der Waals surface area contributed by atoms with Crippen LogP contribution in [0.25, 0.3) is 0 Å². The molecule has 1 aliphatic rings. The molecule has 0 aromatic rings. The Hall–Kier alpha value is 1.52. The molecule has 0 unspecified atom stereocenters. The van der Waals surface area contributed by atoms with Crippen molar-refractivity contribution in [3.63, 3.8) is 0 Å². The minimum atomic E-state index is -0.200. The van der Waals surface area contributed by atoms with Gasteiger partial charge in [-0.1, -0.05) is 0 Å². The van der Waals surface area contributed by atoms with Gasteiger partial charge in [-0.15, -0.1) is 0 Å². The maximum atomic E-state index is 9.55. The third-order valence-electron chi connectivity index (χ3n) is 2.27. The van der Waals surface area contributed by atoms with Crippen molar-refractivity contribution in [3.05, 3.63) is 7.05 Å². The van der Waals surface area contributed by atoms with E-state index in [1.807, 2.05) is 11.9 Å². The molecule has 1 rings (SSSR count). The average molecular weight is 196 g/mol. The summed E-state index contributed by atoms with van der Waals surface area (Å²) >= 11 is 0. The molecule has 1 saturated heterocycles. The number of rotatable bonds is 2. The Morgan fingerprint density at radius 3 is 2.83 bits per heavy atom. The van der Waals surface area contributed by atoms with Crippen LogP contribution in [0.2, 0.25) is 0 Å². The van der Waals surface area contributed by atoms with Gasteiger partial charge >= 0.3 is 51.4 Å². The molecular formula is C8H17KN2O. The molecule has 0 amide bonds. The smallest absolute Gasteiger partial charge is 0.457 e. The molecule has 0 bridgehead atoms. The predicted octanol–water partition coefficient (Wildman–Crippen LogP) is -3.32. The topological polar surface area (TPSA) is 35.5 Å². The Morgan fingerprint density at radius 1 is 1.67 bits per heavy atom. The molecule has 66 valence electrons. The van der Waals surface area contributed by atoms with Crippen molar-refractivity contribution in [1.29, 1.82) is 0 Å². The first-order chi connectivity index (χ1) is 5.24. The maximum Gasteiger partial charge on any atom is 1.00 e. The first-order valence-electron chi connectivity index (χ1n) is 4.12. The van der Waals surface area contributed by atoms with E-state index >= 15 is 0 Å². The molecule has 12 heavy (non-hydrogen) atoms. The van der Waals surface area contributed by atoms with Crippen molar-refractivity contribution < 1.29 is 56.5 Å². The molecule has 1 aliphatic heterocycles. The number of piperidine rings is 1. The Morgan fingerprint density at radius 2 is 2.33 bits per heavy atom. The van der Waals surface area contributed by atoms with E-state index in [4.69, 9.17) is 0 Å². The van der Waals surface area contributed by atoms with Gasteiger partial charge in [-0.2, -0.15) is 0 Å². The number of aliphatic hydroxyl groups is 1. The Kier molecular flexibility index (Phi) is 7.77. The van der Waals surface area contributed by atoms with Crippen LogP contribution in [0.5, 0.6) is 0 Å². The first kappa shape index (κ1) is 13.5. The molecule has 0 aromatic heterocycles. The number of hydrogen-bond donors (Lipinski definition) is 2. The van der Waals surface area contributed by atoms with E-state index in [2.05, 4.69) is 12.4 Å². The third kappa shape index (κ3) is 4.15. The quantitative estimate of drug-likeness (QED) is 0.358. The van der Waals surface area contributed by atoms with Crippen LogP contribution in [0, 0.1) is 13.0 Å². The zero-order valence-corrected chi connectivity index (χ0v) is 11.2. The van der Waals surface area contributed by atoms with E-state index in [9.17, 15) is 5.11 Å². The number of β-amino-alcohol motifs (C(OH)–C–C–N with tert-alkyl or cyclic N) is 1. The molecule has 0 aliphatic carbocycles. The van der Waals surface area contributed by atoms with E-state index in [0.29, 0.717) is 12.5 Å². The van der Waals surface area contributed by atoms with Crippen molar-refractivity contribution in [3.8, 4) is 0 Å². The largest absolute Gasteiger partial charge is 1.00 e. The van der Waals surface area contributed by atoms with Crippen LogP contribution in [0.4, 0.5) is 0 Å². The van der Waals surface area contributed by atoms with Gasteiger partial charge in [-0.3, -0.25) is 7.05 Å². The van der Waals surface area contributed by atoms with Gasteiger partial charge in [0.05, 0.1) is 6.10 Å². The Balaban J connectivity index is 0.00000121. The van der Waals surface area contributed by atoms with Crippen LogP contribution >= 0.6 is 0 Å². The standard InChI is InChI=1S/C8H17N2O.K/c1-9-5-7-3-4-10(2)6-8(7)11;/h7-9,11H,2-6H2,1H3;/q-1;+1/t7-,8+;/m0./s1. The fraction of sp³-hybridized carbons (Fsp3) is 0.875. The van der Waals surface area contributed by atoms with Gasteiger partial charge in [0.1, 0.15) is 0 Å². The van der Waals surface area contributed by atoms with Crippen LogP contribution in [-0.4, -0.2) is 42.8 Å². The molecule has 0 radical (unpaired) electrons. The summed E-state index contributed by atoms with van der Waals surface area (Å²) in [5.74, 6) is 0.415. The molecule has 3 nitrogen and oxygen atoms in total. The zero-order chi connectivity index (χ0) is 8.27. The van der Waals surface area contributed by atoms with Gasteiger partial charge in [0.25, 0.3) is 0 Å². The molecular weight excluding hydrogens is 179 g/mol. The van der Waals surface area contributed by atoms with Gasteiger partial charge in [0.15, 0.2) is 0 Å². The van der Waals surface area contributed by atoms with Crippen molar-refractivity contribution in [2.24, 2.45) is 5.92 Å². The first-order valence-corrected chi connectivity index (χ1v) is 4.12. The summed E-state index contributed by atoms with van der Waals surface area (Å²) in [6.07, 6.45) is 0.847. The zero-order valence-electron chi connectivity index (χ0n) is 8.08. The molecule has 1 heterocycles. The molecule has 2 N–H and O–H groups in total. The van der Waals surface area contributed by atoms with Gasteiger partial charge in [0.2, 0.25) is 0 Å². The third-order valence-corrected chi connectivity index (χ3v) is 2.27. The Labute approximate surface area is 117 Å². The molecule has 0 saturated carbocycles. The summed E-state index contributed by atoms with van der Waals surface area (Å²) in [6, 6.07) is 0. The Bertz CT molecular complexity index is 124. The molecule has 0 spiro atoms. The van der Waals surface area contributed by atoms with E-state index in [-0.39, 0.29) is 57.5 Å². The average Bonchev–Trinajstić information content (AvgIpc) is 1.95. The number of nitrogens with one attached hydrogen (secondary N) is 1. The molecule has 1 fully saturated rings. The fourth-order valence-corrected chi connectivity index (χ4v) is 1.55. The summed E-state index contributed by atoms with van der Waals surface area (Å²) in [6.45, 7) is 2.63. The summed E-state index contributed by atoms with van der Waals surface area (Å²) in [5.41, 5.74) is 0. The second-order valence-electron chi connectivity index (χ2n) is 3.25. The molecule has 0 aromatic carbocycles. The summed E-state index contributed by atoms with van der Waals surface area (Å²) < 4.78 is 0. The van der Waals surface area contributed by atoms with Crippen LogP contribution in [0.1, 0.15) is 6.42 Å². The summed E-state index contributed by atoms with van der Waals surface area (Å²) in [4.78, 5) is 1.93. The van der Waals surface area contributed by atoms with Crippen molar-refractivity contribution >= 4 is 0 Å². The monoisotopic (exact) mass is 196 g/mol. The predicted molar refractivity (Wildman–Crippen MR) is 45.0 cm³/mol. The molecule has 2 atom stereocenters. The van der Waals surface area contributed by atoms with E-state index in [0.717, 1.165) is 19.5 Å². The molecule has 4 heteroatoms. The van der Waals surface area contributed by atoms with Crippen LogP contribution in [-0.2, 0) is 0 Å². The van der Waals surface area contributed by atoms with Crippen LogP contribution < -0.4 is 56.7 Å². The normalized spacial score (nSPS) is 31.2. The van der Waals surface area contributed by atoms with Gasteiger partial charge in [0, 0.05) is 6.54 Å². The van der Waals surface area contributed by atoms with Crippen molar-refractivity contribution in [2.45, 2.75) is 12.5 Å². The van der Waals surface area contributed by atoms with E-state index < -0.39 is 0 Å².